The van der Waals surface area contributed by atoms with Crippen LogP contribution in [-0.2, 0) is 21.1 Å². The molecular formula is C11H13BrO4S. The van der Waals surface area contributed by atoms with Crippen LogP contribution < -0.4 is 4.74 Å². The number of benzene rings is 1. The molecule has 1 aromatic rings. The van der Waals surface area contributed by atoms with E-state index in [0.29, 0.717) is 10.0 Å². The normalized spacial score (nSPS) is 11.3. The summed E-state index contributed by atoms with van der Waals surface area (Å²) in [5, 5.41) is 0. The van der Waals surface area contributed by atoms with Crippen LogP contribution in [0, 0.1) is 0 Å². The van der Waals surface area contributed by atoms with Crippen molar-refractivity contribution in [3.05, 3.63) is 22.2 Å². The molecule has 1 rings (SSSR count). The number of hydrogen-bond acceptors (Lipinski definition) is 4. The fraction of sp³-hybridized carbons (Fsp3) is 0.364. The molecule has 0 radical (unpaired) electrons. The fourth-order valence-electron chi connectivity index (χ4n) is 1.48. The number of methoxy groups -OCH3 is 1. The molecule has 17 heavy (non-hydrogen) atoms. The molecule has 0 saturated carbocycles. The highest BCUT2D eigenvalue weighted by Crippen LogP contribution is 2.33. The highest BCUT2D eigenvalue weighted by molar-refractivity contribution is 9.10. The largest absolute Gasteiger partial charge is 0.494 e. The maximum Gasteiger partial charge on any atom is 0.179 e. The van der Waals surface area contributed by atoms with Crippen LogP contribution in [0.15, 0.2) is 21.5 Å². The summed E-state index contributed by atoms with van der Waals surface area (Å²) in [6, 6.07) is 3.16. The molecule has 0 amide bonds. The Balaban J connectivity index is 3.44. The zero-order valence-electron chi connectivity index (χ0n) is 9.78. The van der Waals surface area contributed by atoms with E-state index < -0.39 is 9.84 Å². The van der Waals surface area contributed by atoms with E-state index >= 15 is 0 Å². The van der Waals surface area contributed by atoms with Gasteiger partial charge in [-0.3, -0.25) is 4.79 Å². The summed E-state index contributed by atoms with van der Waals surface area (Å²) in [6.07, 6.45) is 1.31. The Bertz CT molecular complexity index is 549. The average molecular weight is 321 g/mol. The smallest absolute Gasteiger partial charge is 0.179 e. The van der Waals surface area contributed by atoms with Gasteiger partial charge in [-0.25, -0.2) is 8.42 Å². The molecule has 0 fully saturated rings. The van der Waals surface area contributed by atoms with Crippen LogP contribution in [-0.4, -0.2) is 27.6 Å². The lowest BCUT2D eigenvalue weighted by atomic mass is 10.1. The van der Waals surface area contributed by atoms with E-state index in [0.717, 1.165) is 6.26 Å². The number of carbonyl (C=O) groups excluding carboxylic acids is 1. The molecule has 0 spiro atoms. The van der Waals surface area contributed by atoms with Crippen molar-refractivity contribution in [2.45, 2.75) is 18.2 Å². The van der Waals surface area contributed by atoms with Crippen molar-refractivity contribution in [2.24, 2.45) is 0 Å². The lowest BCUT2D eigenvalue weighted by Crippen LogP contribution is -2.04. The topological polar surface area (TPSA) is 60.4 Å². The van der Waals surface area contributed by atoms with Gasteiger partial charge in [-0.05, 0) is 40.5 Å². The van der Waals surface area contributed by atoms with Gasteiger partial charge in [-0.1, -0.05) is 0 Å². The molecule has 0 N–H and O–H groups in total. The van der Waals surface area contributed by atoms with Crippen molar-refractivity contribution >= 4 is 31.6 Å². The van der Waals surface area contributed by atoms with Crippen molar-refractivity contribution in [1.82, 2.24) is 0 Å². The first-order valence-corrected chi connectivity index (χ1v) is 7.50. The second-order valence-electron chi connectivity index (χ2n) is 3.76. The van der Waals surface area contributed by atoms with Crippen LogP contribution in [0.3, 0.4) is 0 Å². The molecule has 0 atom stereocenters. The predicted octanol–water partition coefficient (Wildman–Crippen LogP) is 1.99. The molecule has 0 aromatic heterocycles. The van der Waals surface area contributed by atoms with E-state index in [1.165, 1.54) is 20.1 Å². The number of ether oxygens (including phenoxy) is 1. The molecule has 0 saturated heterocycles. The quantitative estimate of drug-likeness (QED) is 0.851. The van der Waals surface area contributed by atoms with Crippen molar-refractivity contribution in [1.29, 1.82) is 0 Å². The minimum absolute atomic E-state index is 0.0264. The van der Waals surface area contributed by atoms with Gasteiger partial charge >= 0.3 is 0 Å². The van der Waals surface area contributed by atoms with Crippen LogP contribution >= 0.6 is 15.9 Å². The Morgan fingerprint density at radius 3 is 2.41 bits per heavy atom. The molecule has 1 aromatic carbocycles. The van der Waals surface area contributed by atoms with Gasteiger partial charge in [0.05, 0.1) is 11.6 Å². The standard InChI is InChI=1S/C11H13BrO4S/c1-7(13)4-8-5-9(12)11(16-2)10(6-8)17(3,14)15/h5-6H,4H2,1-3H3. The minimum Gasteiger partial charge on any atom is -0.494 e. The Kier molecular flexibility index (Phi) is 4.32. The summed E-state index contributed by atoms with van der Waals surface area (Å²) < 4.78 is 28.8. The molecule has 0 bridgehead atoms. The molecule has 0 aliphatic carbocycles. The maximum atomic E-state index is 11.6. The van der Waals surface area contributed by atoms with Crippen molar-refractivity contribution in [2.75, 3.05) is 13.4 Å². The Labute approximate surface area is 109 Å². The van der Waals surface area contributed by atoms with Crippen LogP contribution in [0.1, 0.15) is 12.5 Å². The molecular weight excluding hydrogens is 308 g/mol. The van der Waals surface area contributed by atoms with Gasteiger partial charge in [-0.2, -0.15) is 0 Å². The van der Waals surface area contributed by atoms with Crippen LogP contribution in [0.2, 0.25) is 0 Å². The van der Waals surface area contributed by atoms with Crippen LogP contribution in [0.5, 0.6) is 5.75 Å². The lowest BCUT2D eigenvalue weighted by Gasteiger charge is -2.11. The first kappa shape index (κ1) is 14.2. The molecule has 0 heterocycles. The molecule has 0 aliphatic heterocycles. The number of rotatable bonds is 4. The highest BCUT2D eigenvalue weighted by Gasteiger charge is 2.18. The summed E-state index contributed by atoms with van der Waals surface area (Å²) in [5.74, 6) is 0.237. The van der Waals surface area contributed by atoms with Gasteiger partial charge in [0.25, 0.3) is 0 Å². The van der Waals surface area contributed by atoms with Crippen molar-refractivity contribution in [3.8, 4) is 5.75 Å². The summed E-state index contributed by atoms with van der Waals surface area (Å²) in [6.45, 7) is 1.46. The summed E-state index contributed by atoms with van der Waals surface area (Å²) in [5.41, 5.74) is 0.644. The zero-order valence-corrected chi connectivity index (χ0v) is 12.2. The van der Waals surface area contributed by atoms with Gasteiger partial charge in [0.1, 0.15) is 10.7 Å². The number of sulfone groups is 1. The van der Waals surface area contributed by atoms with Crippen molar-refractivity contribution < 1.29 is 17.9 Å². The number of carbonyl (C=O) groups is 1. The average Bonchev–Trinajstić information content (AvgIpc) is 2.14. The Hall–Kier alpha value is -0.880. The van der Waals surface area contributed by atoms with E-state index in [4.69, 9.17) is 4.74 Å². The third kappa shape index (κ3) is 3.54. The Morgan fingerprint density at radius 1 is 1.41 bits per heavy atom. The fourth-order valence-corrected chi connectivity index (χ4v) is 3.18. The monoisotopic (exact) mass is 320 g/mol. The van der Waals surface area contributed by atoms with Gasteiger partial charge in [-0.15, -0.1) is 0 Å². The van der Waals surface area contributed by atoms with E-state index in [2.05, 4.69) is 15.9 Å². The highest BCUT2D eigenvalue weighted by atomic mass is 79.9. The van der Waals surface area contributed by atoms with E-state index in [1.807, 2.05) is 0 Å². The summed E-state index contributed by atoms with van der Waals surface area (Å²) in [4.78, 5) is 11.1. The van der Waals surface area contributed by atoms with Gasteiger partial charge in [0, 0.05) is 12.7 Å². The number of hydrogen-bond donors (Lipinski definition) is 0. The predicted molar refractivity (Wildman–Crippen MR) is 68.2 cm³/mol. The SMILES string of the molecule is COc1c(Br)cc(CC(C)=O)cc1S(C)(=O)=O. The van der Waals surface area contributed by atoms with Crippen LogP contribution in [0.4, 0.5) is 0 Å². The van der Waals surface area contributed by atoms with Gasteiger partial charge in [0.2, 0.25) is 0 Å². The van der Waals surface area contributed by atoms with E-state index in [-0.39, 0.29) is 22.8 Å². The van der Waals surface area contributed by atoms with Crippen molar-refractivity contribution in [3.63, 3.8) is 0 Å². The lowest BCUT2D eigenvalue weighted by molar-refractivity contribution is -0.116. The minimum atomic E-state index is -3.39. The second-order valence-corrected chi connectivity index (χ2v) is 6.60. The molecule has 6 heteroatoms. The number of ketones is 1. The third-order valence-corrected chi connectivity index (χ3v) is 3.82. The Morgan fingerprint density at radius 2 is 2.00 bits per heavy atom. The molecule has 0 unspecified atom stereocenters. The number of Topliss-reactive ketones (excluding diaryl/α,β-unsaturated/α-hetero) is 1. The van der Waals surface area contributed by atoms with Gasteiger partial charge < -0.3 is 4.74 Å². The molecule has 94 valence electrons. The molecule has 4 nitrogen and oxygen atoms in total. The van der Waals surface area contributed by atoms with Crippen LogP contribution in [0.25, 0.3) is 0 Å². The van der Waals surface area contributed by atoms with E-state index in [9.17, 15) is 13.2 Å². The number of halogens is 1. The first-order valence-electron chi connectivity index (χ1n) is 4.81. The third-order valence-electron chi connectivity index (χ3n) is 2.13. The first-order chi connectivity index (χ1) is 7.75. The van der Waals surface area contributed by atoms with E-state index in [1.54, 1.807) is 6.07 Å². The molecule has 0 aliphatic rings. The van der Waals surface area contributed by atoms with Gasteiger partial charge in [0.15, 0.2) is 15.6 Å². The second kappa shape index (κ2) is 5.18. The zero-order chi connectivity index (χ0) is 13.2. The maximum absolute atomic E-state index is 11.6. The summed E-state index contributed by atoms with van der Waals surface area (Å²) in [7, 11) is -1.99. The summed E-state index contributed by atoms with van der Waals surface area (Å²) >= 11 is 3.24.